The Hall–Kier alpha value is -1.76. The number of allylic oxidation sites excluding steroid dienone is 2. The van der Waals surface area contributed by atoms with Gasteiger partial charge in [0, 0.05) is 0 Å². The van der Waals surface area contributed by atoms with E-state index in [4.69, 9.17) is 4.74 Å². The monoisotopic (exact) mass is 256 g/mol. The van der Waals surface area contributed by atoms with Crippen LogP contribution < -0.4 is 4.74 Å². The Bertz CT molecular complexity index is 422. The summed E-state index contributed by atoms with van der Waals surface area (Å²) in [5, 5.41) is 0. The van der Waals surface area contributed by atoms with Crippen LogP contribution in [0.15, 0.2) is 61.2 Å². The molecule has 1 rings (SSSR count). The second-order valence-corrected chi connectivity index (χ2v) is 4.55. The van der Waals surface area contributed by atoms with Crippen molar-refractivity contribution < 1.29 is 4.74 Å². The van der Waals surface area contributed by atoms with Crippen LogP contribution in [0.1, 0.15) is 38.2 Å². The SMILES string of the molecule is C=C/C=C(\C=C)COc1ccc(C(CC)CC)cc1. The standard InChI is InChI=1S/C18H24O/c1-5-9-15(6-2)14-19-18-12-10-17(11-13-18)16(7-3)8-4/h5-6,9-13,16H,1-2,7-8,14H2,3-4H3/b15-9+. The van der Waals surface area contributed by atoms with Gasteiger partial charge in [-0.2, -0.15) is 0 Å². The molecule has 0 radical (unpaired) electrons. The van der Waals surface area contributed by atoms with Gasteiger partial charge in [-0.3, -0.25) is 0 Å². The maximum atomic E-state index is 5.73. The van der Waals surface area contributed by atoms with Gasteiger partial charge in [0.15, 0.2) is 0 Å². The van der Waals surface area contributed by atoms with Crippen LogP contribution in [0.5, 0.6) is 5.75 Å². The highest BCUT2D eigenvalue weighted by Crippen LogP contribution is 2.24. The molecule has 1 nitrogen and oxygen atoms in total. The van der Waals surface area contributed by atoms with Gasteiger partial charge in [-0.05, 0) is 42.0 Å². The number of ether oxygens (including phenoxy) is 1. The van der Waals surface area contributed by atoms with E-state index in [9.17, 15) is 0 Å². The molecule has 0 saturated heterocycles. The molecule has 1 aromatic rings. The summed E-state index contributed by atoms with van der Waals surface area (Å²) >= 11 is 0. The second kappa shape index (κ2) is 8.36. The third-order valence-corrected chi connectivity index (χ3v) is 3.34. The Morgan fingerprint density at radius 2 is 1.79 bits per heavy atom. The van der Waals surface area contributed by atoms with Crippen molar-refractivity contribution in [3.05, 3.63) is 66.8 Å². The normalized spacial score (nSPS) is 11.4. The molecule has 0 amide bonds. The smallest absolute Gasteiger partial charge is 0.119 e. The third kappa shape index (κ3) is 4.78. The van der Waals surface area contributed by atoms with Crippen LogP contribution in [0, 0.1) is 0 Å². The Balaban J connectivity index is 2.64. The lowest BCUT2D eigenvalue weighted by Crippen LogP contribution is -2.00. The van der Waals surface area contributed by atoms with Crippen molar-refractivity contribution in [1.82, 2.24) is 0 Å². The van der Waals surface area contributed by atoms with E-state index in [-0.39, 0.29) is 0 Å². The van der Waals surface area contributed by atoms with Crippen LogP contribution in [-0.2, 0) is 0 Å². The van der Waals surface area contributed by atoms with Gasteiger partial charge in [0.2, 0.25) is 0 Å². The fourth-order valence-corrected chi connectivity index (χ4v) is 2.09. The minimum Gasteiger partial charge on any atom is -0.489 e. The minimum absolute atomic E-state index is 0.528. The summed E-state index contributed by atoms with van der Waals surface area (Å²) in [6.07, 6.45) is 7.81. The largest absolute Gasteiger partial charge is 0.489 e. The average molecular weight is 256 g/mol. The molecule has 0 spiro atoms. The zero-order valence-corrected chi connectivity index (χ0v) is 12.1. The Labute approximate surface area is 117 Å². The molecule has 0 aliphatic heterocycles. The van der Waals surface area contributed by atoms with Crippen molar-refractivity contribution in [1.29, 1.82) is 0 Å². The van der Waals surface area contributed by atoms with E-state index in [0.29, 0.717) is 12.5 Å². The topological polar surface area (TPSA) is 9.23 Å². The molecule has 0 aliphatic carbocycles. The Morgan fingerprint density at radius 1 is 1.16 bits per heavy atom. The van der Waals surface area contributed by atoms with Gasteiger partial charge < -0.3 is 4.74 Å². The molecular formula is C18H24O. The van der Waals surface area contributed by atoms with Gasteiger partial charge in [0.1, 0.15) is 12.4 Å². The number of hydrogen-bond acceptors (Lipinski definition) is 1. The van der Waals surface area contributed by atoms with E-state index in [2.05, 4.69) is 39.1 Å². The maximum Gasteiger partial charge on any atom is 0.119 e. The lowest BCUT2D eigenvalue weighted by atomic mass is 9.94. The fraction of sp³-hybridized carbons (Fsp3) is 0.333. The molecule has 0 heterocycles. The summed E-state index contributed by atoms with van der Waals surface area (Å²) in [6, 6.07) is 8.42. The summed E-state index contributed by atoms with van der Waals surface area (Å²) in [7, 11) is 0. The molecule has 19 heavy (non-hydrogen) atoms. The average Bonchev–Trinajstić information content (AvgIpc) is 2.46. The summed E-state index contributed by atoms with van der Waals surface area (Å²) in [5.74, 6) is 1.55. The summed E-state index contributed by atoms with van der Waals surface area (Å²) in [5.41, 5.74) is 2.42. The minimum atomic E-state index is 0.528. The van der Waals surface area contributed by atoms with Crippen LogP contribution in [0.2, 0.25) is 0 Å². The number of hydrogen-bond donors (Lipinski definition) is 0. The molecular weight excluding hydrogens is 232 g/mol. The van der Waals surface area contributed by atoms with E-state index in [1.807, 2.05) is 18.2 Å². The second-order valence-electron chi connectivity index (χ2n) is 4.55. The van der Waals surface area contributed by atoms with Gasteiger partial charge in [-0.15, -0.1) is 0 Å². The van der Waals surface area contributed by atoms with Crippen molar-refractivity contribution >= 4 is 0 Å². The first kappa shape index (κ1) is 15.3. The highest BCUT2D eigenvalue weighted by atomic mass is 16.5. The molecule has 0 aliphatic rings. The third-order valence-electron chi connectivity index (χ3n) is 3.34. The van der Waals surface area contributed by atoms with Crippen molar-refractivity contribution in [2.24, 2.45) is 0 Å². The fourth-order valence-electron chi connectivity index (χ4n) is 2.09. The first-order valence-corrected chi connectivity index (χ1v) is 6.91. The predicted octanol–water partition coefficient (Wildman–Crippen LogP) is 5.27. The van der Waals surface area contributed by atoms with E-state index < -0.39 is 0 Å². The zero-order chi connectivity index (χ0) is 14.1. The molecule has 0 aromatic heterocycles. The predicted molar refractivity (Wildman–Crippen MR) is 83.7 cm³/mol. The summed E-state index contributed by atoms with van der Waals surface area (Å²) < 4.78 is 5.73. The van der Waals surface area contributed by atoms with Crippen LogP contribution in [0.3, 0.4) is 0 Å². The van der Waals surface area contributed by atoms with Crippen molar-refractivity contribution in [3.8, 4) is 5.75 Å². The molecule has 0 fully saturated rings. The first-order valence-electron chi connectivity index (χ1n) is 6.91. The van der Waals surface area contributed by atoms with Gasteiger partial charge in [-0.25, -0.2) is 0 Å². The van der Waals surface area contributed by atoms with Gasteiger partial charge in [0.25, 0.3) is 0 Å². The van der Waals surface area contributed by atoms with E-state index in [0.717, 1.165) is 11.3 Å². The van der Waals surface area contributed by atoms with Crippen molar-refractivity contribution in [3.63, 3.8) is 0 Å². The molecule has 1 aromatic carbocycles. The quantitative estimate of drug-likeness (QED) is 0.576. The van der Waals surface area contributed by atoms with Crippen LogP contribution in [-0.4, -0.2) is 6.61 Å². The summed E-state index contributed by atoms with van der Waals surface area (Å²) in [6.45, 7) is 12.4. The number of rotatable bonds is 8. The lowest BCUT2D eigenvalue weighted by molar-refractivity contribution is 0.355. The van der Waals surface area contributed by atoms with E-state index in [1.54, 1.807) is 12.2 Å². The van der Waals surface area contributed by atoms with Gasteiger partial charge in [-0.1, -0.05) is 57.4 Å². The molecule has 0 N–H and O–H groups in total. The van der Waals surface area contributed by atoms with Crippen LogP contribution in [0.25, 0.3) is 0 Å². The maximum absolute atomic E-state index is 5.73. The van der Waals surface area contributed by atoms with Gasteiger partial charge in [0.05, 0.1) is 0 Å². The molecule has 102 valence electrons. The molecule has 0 unspecified atom stereocenters. The summed E-state index contributed by atoms with van der Waals surface area (Å²) in [4.78, 5) is 0. The van der Waals surface area contributed by atoms with Crippen molar-refractivity contribution in [2.75, 3.05) is 6.61 Å². The zero-order valence-electron chi connectivity index (χ0n) is 12.1. The number of benzene rings is 1. The molecule has 1 heteroatoms. The van der Waals surface area contributed by atoms with Crippen LogP contribution >= 0.6 is 0 Å². The van der Waals surface area contributed by atoms with Crippen LogP contribution in [0.4, 0.5) is 0 Å². The molecule has 0 atom stereocenters. The Morgan fingerprint density at radius 3 is 2.26 bits per heavy atom. The van der Waals surface area contributed by atoms with Crippen molar-refractivity contribution in [2.45, 2.75) is 32.6 Å². The first-order chi connectivity index (χ1) is 9.24. The highest BCUT2D eigenvalue weighted by molar-refractivity contribution is 5.30. The lowest BCUT2D eigenvalue weighted by Gasteiger charge is -2.13. The Kier molecular flexibility index (Phi) is 6.73. The highest BCUT2D eigenvalue weighted by Gasteiger charge is 2.06. The van der Waals surface area contributed by atoms with E-state index in [1.165, 1.54) is 18.4 Å². The molecule has 0 saturated carbocycles. The van der Waals surface area contributed by atoms with Gasteiger partial charge >= 0.3 is 0 Å². The van der Waals surface area contributed by atoms with E-state index >= 15 is 0 Å². The molecule has 0 bridgehead atoms.